The van der Waals surface area contributed by atoms with E-state index in [4.69, 9.17) is 8.83 Å². The van der Waals surface area contributed by atoms with Crippen LogP contribution in [0, 0.1) is 0 Å². The van der Waals surface area contributed by atoms with E-state index >= 15 is 0 Å². The Bertz CT molecular complexity index is 4440. The van der Waals surface area contributed by atoms with Crippen molar-refractivity contribution < 1.29 is 8.83 Å². The first-order valence-electron chi connectivity index (χ1n) is 30.8. The smallest absolute Gasteiger partial charge is 0.376 e. The van der Waals surface area contributed by atoms with Crippen LogP contribution in [0.4, 0.5) is 45.5 Å². The van der Waals surface area contributed by atoms with Crippen LogP contribution in [0.1, 0.15) is 157 Å². The van der Waals surface area contributed by atoms with Crippen LogP contribution in [0.3, 0.4) is 0 Å². The molecule has 14 rings (SSSR count). The number of hydrogen-bond donors (Lipinski definition) is 0. The van der Waals surface area contributed by atoms with Gasteiger partial charge in [-0.2, -0.15) is 0 Å². The van der Waals surface area contributed by atoms with Crippen LogP contribution in [-0.2, 0) is 32.5 Å². The maximum atomic E-state index is 7.57. The van der Waals surface area contributed by atoms with Gasteiger partial charge < -0.3 is 23.4 Å². The SMILES string of the molecule is CC(C)(C)c1ccc(N2B3c4oc5ccc(C(C)(C)C)cc5c4N(c4ccc(C(C)(C)C)cc4)c4c3c(cc3c4oc4ccccc43)-c3cc4c(cc32)C(C)(C)c2cc(N(c3ccc(C(C)(C)C)cc3)c3ccc(C(C)(C)C)cc3)ccc2-4)cc1. The van der Waals surface area contributed by atoms with Crippen molar-refractivity contribution in [2.24, 2.45) is 0 Å². The molecule has 0 saturated carbocycles. The minimum Gasteiger partial charge on any atom is -0.466 e. The molecule has 1 aliphatic carbocycles. The summed E-state index contributed by atoms with van der Waals surface area (Å²) in [7, 11) is 0. The van der Waals surface area contributed by atoms with E-state index in [-0.39, 0.29) is 39.3 Å². The zero-order valence-electron chi connectivity index (χ0n) is 53.0. The van der Waals surface area contributed by atoms with Crippen molar-refractivity contribution in [2.75, 3.05) is 14.6 Å². The van der Waals surface area contributed by atoms with Crippen LogP contribution in [0.5, 0.6) is 0 Å². The second-order valence-corrected chi connectivity index (χ2v) is 30.3. The average Bonchev–Trinajstić information content (AvgIpc) is 1.75. The normalized spacial score (nSPS) is 14.7. The van der Waals surface area contributed by atoms with E-state index < -0.39 is 0 Å². The molecule has 2 aromatic heterocycles. The lowest BCUT2D eigenvalue weighted by Gasteiger charge is -2.44. The summed E-state index contributed by atoms with van der Waals surface area (Å²) < 4.78 is 14.9. The summed E-state index contributed by atoms with van der Waals surface area (Å²) in [6.07, 6.45) is 0. The highest BCUT2D eigenvalue weighted by atomic mass is 16.3. The topological polar surface area (TPSA) is 36.0 Å². The highest BCUT2D eigenvalue weighted by molar-refractivity contribution is 6.93. The third kappa shape index (κ3) is 8.62. The Balaban J connectivity index is 1.05. The van der Waals surface area contributed by atoms with Crippen LogP contribution in [0.15, 0.2) is 185 Å². The summed E-state index contributed by atoms with van der Waals surface area (Å²) in [4.78, 5) is 7.56. The van der Waals surface area contributed by atoms with Gasteiger partial charge >= 0.3 is 6.85 Å². The lowest BCUT2D eigenvalue weighted by Crippen LogP contribution is -2.61. The van der Waals surface area contributed by atoms with Gasteiger partial charge in [0.15, 0.2) is 5.58 Å². The third-order valence-corrected chi connectivity index (χ3v) is 19.0. The Morgan fingerprint density at radius 3 is 1.45 bits per heavy atom. The molecule has 3 aliphatic rings. The molecule has 0 bridgehead atoms. The number of rotatable bonds is 5. The molecule has 85 heavy (non-hydrogen) atoms. The molecule has 9 aromatic carbocycles. The molecular formula is C79H80BN3O2. The van der Waals surface area contributed by atoms with Crippen molar-refractivity contribution >= 4 is 96.4 Å². The summed E-state index contributed by atoms with van der Waals surface area (Å²) in [6.45, 7) is 38.9. The molecule has 0 spiro atoms. The van der Waals surface area contributed by atoms with Crippen molar-refractivity contribution in [1.82, 2.24) is 0 Å². The first-order valence-corrected chi connectivity index (χ1v) is 30.8. The van der Waals surface area contributed by atoms with Gasteiger partial charge in [0.05, 0.1) is 11.4 Å². The molecule has 0 radical (unpaired) electrons. The Kier molecular flexibility index (Phi) is 11.8. The van der Waals surface area contributed by atoms with E-state index in [9.17, 15) is 0 Å². The third-order valence-electron chi connectivity index (χ3n) is 19.0. The Hall–Kier alpha value is -8.22. The standard InChI is InChI=1S/C79H80BN3O2/c1-74(2,3)47-22-31-52(32-23-47)81(53-33-24-48(25-34-53)75(4,5)6)56-39-40-57-59-44-60-61-45-62-58-20-18-19-21-67(58)84-72(62)71-69(61)80(83(55-37-28-50(29-38-55)77(10,11)12)66(60)46-65(59)79(16,17)64(57)43-56)73-70(63-42-51(78(13,14)15)30-41-68(63)85-73)82(71)54-35-26-49(27-36-54)76(7,8)9/h18-46H,1-17H3. The molecule has 5 nitrogen and oxygen atoms in total. The van der Waals surface area contributed by atoms with E-state index in [1.54, 1.807) is 0 Å². The molecule has 0 saturated heterocycles. The van der Waals surface area contributed by atoms with Gasteiger partial charge in [-0.3, -0.25) is 0 Å². The Labute approximate surface area is 504 Å². The van der Waals surface area contributed by atoms with E-state index in [0.717, 1.165) is 84.1 Å². The summed E-state index contributed by atoms with van der Waals surface area (Å²) in [5.74, 6) is 0. The number of fused-ring (bicyclic) bond motifs is 13. The number of anilines is 8. The Morgan fingerprint density at radius 2 is 0.882 bits per heavy atom. The van der Waals surface area contributed by atoms with Crippen molar-refractivity contribution in [3.05, 3.63) is 215 Å². The summed E-state index contributed by atoms with van der Waals surface area (Å²) >= 11 is 0. The molecule has 426 valence electrons. The Morgan fingerprint density at radius 1 is 0.388 bits per heavy atom. The number of para-hydroxylation sites is 1. The number of hydrogen-bond acceptors (Lipinski definition) is 5. The van der Waals surface area contributed by atoms with Crippen molar-refractivity contribution in [1.29, 1.82) is 0 Å². The molecule has 0 N–H and O–H groups in total. The fraction of sp³-hybridized carbons (Fsp3) is 0.291. The number of furan rings is 2. The maximum Gasteiger partial charge on any atom is 0.376 e. The highest BCUT2D eigenvalue weighted by Gasteiger charge is 2.51. The predicted octanol–water partition coefficient (Wildman–Crippen LogP) is 21.3. The monoisotopic (exact) mass is 1110 g/mol. The van der Waals surface area contributed by atoms with E-state index in [2.05, 4.69) is 308 Å². The summed E-state index contributed by atoms with van der Waals surface area (Å²) in [5, 5.41) is 3.28. The zero-order valence-corrected chi connectivity index (χ0v) is 53.0. The zero-order chi connectivity index (χ0) is 59.8. The fourth-order valence-electron chi connectivity index (χ4n) is 14.0. The first-order chi connectivity index (χ1) is 40.1. The molecule has 0 fully saturated rings. The lowest BCUT2D eigenvalue weighted by molar-refractivity contribution is 0.590. The second kappa shape index (κ2) is 18.4. The molecule has 0 atom stereocenters. The van der Waals surface area contributed by atoms with Gasteiger partial charge in [0.25, 0.3) is 0 Å². The first kappa shape index (κ1) is 54.7. The fourth-order valence-corrected chi connectivity index (χ4v) is 14.0. The van der Waals surface area contributed by atoms with Gasteiger partial charge in [-0.05, 0) is 185 Å². The van der Waals surface area contributed by atoms with Gasteiger partial charge in [0, 0.05) is 61.3 Å². The quantitative estimate of drug-likeness (QED) is 0.161. The van der Waals surface area contributed by atoms with Crippen molar-refractivity contribution in [3.63, 3.8) is 0 Å². The van der Waals surface area contributed by atoms with Crippen molar-refractivity contribution in [3.8, 4) is 22.3 Å². The van der Waals surface area contributed by atoms with E-state index in [0.29, 0.717) is 0 Å². The van der Waals surface area contributed by atoms with Gasteiger partial charge in [-0.25, -0.2) is 0 Å². The predicted molar refractivity (Wildman–Crippen MR) is 363 cm³/mol. The van der Waals surface area contributed by atoms with Crippen LogP contribution in [0.2, 0.25) is 0 Å². The molecule has 6 heteroatoms. The van der Waals surface area contributed by atoms with Gasteiger partial charge in [0.2, 0.25) is 0 Å². The molecule has 0 amide bonds. The van der Waals surface area contributed by atoms with Crippen molar-refractivity contribution in [2.45, 2.75) is 150 Å². The summed E-state index contributed by atoms with van der Waals surface area (Å²) in [5.41, 5.74) is 27.0. The minimum absolute atomic E-state index is 0.0313. The second-order valence-electron chi connectivity index (χ2n) is 30.3. The van der Waals surface area contributed by atoms with E-state index in [1.807, 2.05) is 0 Å². The maximum absolute atomic E-state index is 7.57. The average molecular weight is 1110 g/mol. The molecule has 0 unspecified atom stereocenters. The molecule has 11 aromatic rings. The van der Waals surface area contributed by atoms with Gasteiger partial charge in [0.1, 0.15) is 16.8 Å². The lowest BCUT2D eigenvalue weighted by atomic mass is 9.45. The van der Waals surface area contributed by atoms with Crippen LogP contribution >= 0.6 is 0 Å². The van der Waals surface area contributed by atoms with Crippen LogP contribution in [-0.4, -0.2) is 6.85 Å². The minimum atomic E-state index is -0.374. The van der Waals surface area contributed by atoms with Crippen LogP contribution < -0.4 is 25.7 Å². The number of benzene rings is 9. The molecule has 2 aliphatic heterocycles. The van der Waals surface area contributed by atoms with Crippen LogP contribution in [0.25, 0.3) is 55.2 Å². The van der Waals surface area contributed by atoms with Gasteiger partial charge in [-0.15, -0.1) is 0 Å². The molecular weight excluding hydrogens is 1030 g/mol. The number of nitrogens with zero attached hydrogens (tertiary/aromatic N) is 3. The largest absolute Gasteiger partial charge is 0.466 e. The molecule has 4 heterocycles. The van der Waals surface area contributed by atoms with Gasteiger partial charge in [-0.1, -0.05) is 197 Å². The highest BCUT2D eigenvalue weighted by Crippen LogP contribution is 2.58. The summed E-state index contributed by atoms with van der Waals surface area (Å²) in [6, 6.07) is 67.2. The van der Waals surface area contributed by atoms with E-state index in [1.165, 1.54) is 66.7 Å².